The van der Waals surface area contributed by atoms with Gasteiger partial charge in [0.1, 0.15) is 0 Å². The lowest BCUT2D eigenvalue weighted by molar-refractivity contribution is 0.272. The first-order chi connectivity index (χ1) is 9.21. The molecule has 0 aliphatic carbocycles. The van der Waals surface area contributed by atoms with Gasteiger partial charge in [0.15, 0.2) is 0 Å². The van der Waals surface area contributed by atoms with Gasteiger partial charge in [-0.3, -0.25) is 0 Å². The van der Waals surface area contributed by atoms with E-state index in [-0.39, 0.29) is 0 Å². The average molecular weight is 268 g/mol. The zero-order chi connectivity index (χ0) is 14.5. The molecular formula is C19H39. The second kappa shape index (κ2) is 13.0. The monoisotopic (exact) mass is 267 g/mol. The molecule has 0 N–H and O–H groups in total. The third-order valence-corrected chi connectivity index (χ3v) is 4.83. The van der Waals surface area contributed by atoms with Crippen molar-refractivity contribution >= 4 is 0 Å². The Kier molecular flexibility index (Phi) is 13.0. The van der Waals surface area contributed by atoms with Crippen molar-refractivity contribution < 1.29 is 0 Å². The molecule has 0 heterocycles. The quantitative estimate of drug-likeness (QED) is 0.336. The van der Waals surface area contributed by atoms with Crippen LogP contribution in [0.1, 0.15) is 98.3 Å². The minimum atomic E-state index is 0.878. The maximum atomic E-state index is 4.22. The van der Waals surface area contributed by atoms with E-state index in [4.69, 9.17) is 0 Å². The van der Waals surface area contributed by atoms with Crippen LogP contribution in [0, 0.1) is 24.7 Å². The summed E-state index contributed by atoms with van der Waals surface area (Å²) in [5.41, 5.74) is 0. The number of unbranched alkanes of at least 4 members (excludes halogenated alkanes) is 2. The Hall–Kier alpha value is 0. The van der Waals surface area contributed by atoms with Crippen LogP contribution in [0.2, 0.25) is 0 Å². The van der Waals surface area contributed by atoms with Crippen molar-refractivity contribution in [1.82, 2.24) is 0 Å². The zero-order valence-electron chi connectivity index (χ0n) is 14.2. The Balaban J connectivity index is 4.14. The average Bonchev–Trinajstić information content (AvgIpc) is 2.45. The first-order valence-corrected chi connectivity index (χ1v) is 9.00. The predicted octanol–water partition coefficient (Wildman–Crippen LogP) is 7.04. The summed E-state index contributed by atoms with van der Waals surface area (Å²) in [6, 6.07) is 0. The van der Waals surface area contributed by atoms with Crippen molar-refractivity contribution in [3.05, 3.63) is 6.92 Å². The van der Waals surface area contributed by atoms with Crippen LogP contribution < -0.4 is 0 Å². The molecule has 0 fully saturated rings. The molecule has 0 spiro atoms. The number of hydrogen-bond donors (Lipinski definition) is 0. The summed E-state index contributed by atoms with van der Waals surface area (Å²) in [6.45, 7) is 13.6. The summed E-state index contributed by atoms with van der Waals surface area (Å²) in [7, 11) is 0. The van der Waals surface area contributed by atoms with Crippen LogP contribution in [0.15, 0.2) is 0 Å². The molecule has 2 atom stereocenters. The van der Waals surface area contributed by atoms with Crippen molar-refractivity contribution in [2.45, 2.75) is 98.3 Å². The SMILES string of the molecule is [CH2]CC(CC(CC)CCCC)CC(CC)CCCC. The van der Waals surface area contributed by atoms with Gasteiger partial charge in [0, 0.05) is 0 Å². The molecule has 2 unspecified atom stereocenters. The first-order valence-electron chi connectivity index (χ1n) is 9.00. The molecule has 0 aliphatic heterocycles. The second-order valence-corrected chi connectivity index (χ2v) is 6.46. The van der Waals surface area contributed by atoms with Gasteiger partial charge >= 0.3 is 0 Å². The lowest BCUT2D eigenvalue weighted by Crippen LogP contribution is -2.13. The Labute approximate surface area is 123 Å². The van der Waals surface area contributed by atoms with E-state index in [2.05, 4.69) is 34.6 Å². The van der Waals surface area contributed by atoms with Crippen molar-refractivity contribution in [3.8, 4) is 0 Å². The van der Waals surface area contributed by atoms with Gasteiger partial charge in [-0.05, 0) is 30.6 Å². The molecule has 0 nitrogen and oxygen atoms in total. The van der Waals surface area contributed by atoms with Crippen LogP contribution in [-0.2, 0) is 0 Å². The standard InChI is InChI=1S/C19H39/c1-6-11-13-17(8-3)15-19(10-5)16-18(9-4)14-12-7-2/h17-19H,5-16H2,1-4H3. The van der Waals surface area contributed by atoms with Crippen LogP contribution in [0.3, 0.4) is 0 Å². The van der Waals surface area contributed by atoms with E-state index in [1.165, 1.54) is 64.2 Å². The van der Waals surface area contributed by atoms with Crippen LogP contribution in [0.4, 0.5) is 0 Å². The summed E-state index contributed by atoms with van der Waals surface area (Å²) in [4.78, 5) is 0. The lowest BCUT2D eigenvalue weighted by atomic mass is 9.80. The lowest BCUT2D eigenvalue weighted by Gasteiger charge is -2.25. The Bertz CT molecular complexity index is 155. The Morgan fingerprint density at radius 3 is 1.37 bits per heavy atom. The smallest absolute Gasteiger partial charge is 0.0409 e. The highest BCUT2D eigenvalue weighted by atomic mass is 14.2. The van der Waals surface area contributed by atoms with E-state index in [0.717, 1.165) is 24.2 Å². The van der Waals surface area contributed by atoms with E-state index in [9.17, 15) is 0 Å². The van der Waals surface area contributed by atoms with Crippen LogP contribution in [0.5, 0.6) is 0 Å². The van der Waals surface area contributed by atoms with Gasteiger partial charge in [-0.2, -0.15) is 0 Å². The largest absolute Gasteiger partial charge is 0.0654 e. The Morgan fingerprint density at radius 2 is 1.11 bits per heavy atom. The molecule has 0 aromatic heterocycles. The summed E-state index contributed by atoms with van der Waals surface area (Å²) < 4.78 is 0. The normalized spacial score (nSPS) is 16.3. The highest BCUT2D eigenvalue weighted by Crippen LogP contribution is 2.30. The van der Waals surface area contributed by atoms with Crippen LogP contribution in [0.25, 0.3) is 0 Å². The fourth-order valence-electron chi connectivity index (χ4n) is 3.24. The van der Waals surface area contributed by atoms with E-state index in [1.54, 1.807) is 0 Å². The van der Waals surface area contributed by atoms with Crippen molar-refractivity contribution in [2.24, 2.45) is 17.8 Å². The van der Waals surface area contributed by atoms with Crippen molar-refractivity contribution in [2.75, 3.05) is 0 Å². The van der Waals surface area contributed by atoms with Crippen molar-refractivity contribution in [3.63, 3.8) is 0 Å². The summed E-state index contributed by atoms with van der Waals surface area (Å²) >= 11 is 0. The van der Waals surface area contributed by atoms with Gasteiger partial charge < -0.3 is 0 Å². The van der Waals surface area contributed by atoms with Gasteiger partial charge in [-0.1, -0.05) is 92.4 Å². The molecule has 0 aromatic carbocycles. The summed E-state index contributed by atoms with van der Waals surface area (Å²) in [6.07, 6.45) is 15.1. The second-order valence-electron chi connectivity index (χ2n) is 6.46. The maximum absolute atomic E-state index is 4.22. The molecule has 0 rings (SSSR count). The third-order valence-electron chi connectivity index (χ3n) is 4.83. The number of hydrogen-bond acceptors (Lipinski definition) is 0. The van der Waals surface area contributed by atoms with Crippen LogP contribution in [-0.4, -0.2) is 0 Å². The summed E-state index contributed by atoms with van der Waals surface area (Å²) in [5, 5.41) is 0. The predicted molar refractivity (Wildman–Crippen MR) is 89.3 cm³/mol. The molecule has 0 heteroatoms. The highest BCUT2D eigenvalue weighted by molar-refractivity contribution is 4.71. The minimum Gasteiger partial charge on any atom is -0.0654 e. The highest BCUT2D eigenvalue weighted by Gasteiger charge is 2.17. The minimum absolute atomic E-state index is 0.878. The molecule has 0 aromatic rings. The van der Waals surface area contributed by atoms with Gasteiger partial charge in [-0.15, -0.1) is 0 Å². The van der Waals surface area contributed by atoms with E-state index >= 15 is 0 Å². The van der Waals surface area contributed by atoms with Crippen LogP contribution >= 0.6 is 0 Å². The molecule has 0 saturated heterocycles. The fraction of sp³-hybridized carbons (Fsp3) is 0.947. The molecule has 0 amide bonds. The Morgan fingerprint density at radius 1 is 0.684 bits per heavy atom. The third kappa shape index (κ3) is 9.52. The zero-order valence-corrected chi connectivity index (χ0v) is 14.2. The van der Waals surface area contributed by atoms with E-state index < -0.39 is 0 Å². The topological polar surface area (TPSA) is 0 Å². The van der Waals surface area contributed by atoms with Gasteiger partial charge in [0.25, 0.3) is 0 Å². The molecule has 0 saturated carbocycles. The van der Waals surface area contributed by atoms with Gasteiger partial charge in [-0.25, -0.2) is 0 Å². The maximum Gasteiger partial charge on any atom is -0.0409 e. The molecule has 115 valence electrons. The fourth-order valence-corrected chi connectivity index (χ4v) is 3.24. The van der Waals surface area contributed by atoms with Gasteiger partial charge in [0.2, 0.25) is 0 Å². The molecule has 1 radical (unpaired) electrons. The van der Waals surface area contributed by atoms with E-state index in [0.29, 0.717) is 0 Å². The molecular weight excluding hydrogens is 228 g/mol. The summed E-state index contributed by atoms with van der Waals surface area (Å²) in [5.74, 6) is 2.79. The first kappa shape index (κ1) is 19.0. The van der Waals surface area contributed by atoms with E-state index in [1.807, 2.05) is 0 Å². The molecule has 0 bridgehead atoms. The molecule has 0 aliphatic rings. The number of rotatable bonds is 13. The van der Waals surface area contributed by atoms with Crippen molar-refractivity contribution in [1.29, 1.82) is 0 Å². The van der Waals surface area contributed by atoms with Gasteiger partial charge in [0.05, 0.1) is 0 Å². The molecule has 19 heavy (non-hydrogen) atoms.